The van der Waals surface area contributed by atoms with Crippen LogP contribution in [0.1, 0.15) is 31.9 Å². The molecule has 0 unspecified atom stereocenters. The zero-order valence-corrected chi connectivity index (χ0v) is 10.9. The second-order valence-corrected chi connectivity index (χ2v) is 5.07. The van der Waals surface area contributed by atoms with Crippen molar-refractivity contribution >= 4 is 17.9 Å². The Kier molecular flexibility index (Phi) is 4.26. The van der Waals surface area contributed by atoms with Crippen LogP contribution >= 0.6 is 0 Å². The zero-order valence-electron chi connectivity index (χ0n) is 10.9. The molecule has 0 aliphatic heterocycles. The van der Waals surface area contributed by atoms with Crippen LogP contribution in [0.3, 0.4) is 0 Å². The SMILES string of the molecule is CC(C)(C)c1ccccc1C=CC(=O)NC(=N)N. The lowest BCUT2D eigenvalue weighted by Gasteiger charge is -2.21. The maximum absolute atomic E-state index is 11.4. The monoisotopic (exact) mass is 245 g/mol. The largest absolute Gasteiger partial charge is 0.370 e. The van der Waals surface area contributed by atoms with E-state index in [-0.39, 0.29) is 11.4 Å². The second kappa shape index (κ2) is 5.49. The fourth-order valence-corrected chi connectivity index (χ4v) is 1.67. The summed E-state index contributed by atoms with van der Waals surface area (Å²) in [5.41, 5.74) is 7.24. The molecule has 18 heavy (non-hydrogen) atoms. The van der Waals surface area contributed by atoms with E-state index in [1.807, 2.05) is 24.3 Å². The van der Waals surface area contributed by atoms with Crippen LogP contribution in [0.4, 0.5) is 0 Å². The standard InChI is InChI=1S/C14H19N3O/c1-14(2,3)11-7-5-4-6-10(11)8-9-12(18)17-13(15)16/h4-9H,1-3H3,(H4,15,16,17,18). The highest BCUT2D eigenvalue weighted by atomic mass is 16.1. The molecule has 1 amide bonds. The summed E-state index contributed by atoms with van der Waals surface area (Å²) >= 11 is 0. The fourth-order valence-electron chi connectivity index (χ4n) is 1.67. The molecule has 0 aromatic heterocycles. The van der Waals surface area contributed by atoms with E-state index in [1.54, 1.807) is 6.08 Å². The molecule has 0 aliphatic rings. The maximum atomic E-state index is 11.4. The minimum absolute atomic E-state index is 0.0119. The van der Waals surface area contributed by atoms with Crippen molar-refractivity contribution in [2.45, 2.75) is 26.2 Å². The van der Waals surface area contributed by atoms with E-state index in [0.29, 0.717) is 0 Å². The van der Waals surface area contributed by atoms with Crippen molar-refractivity contribution in [2.75, 3.05) is 0 Å². The van der Waals surface area contributed by atoms with Crippen LogP contribution in [0.15, 0.2) is 30.3 Å². The van der Waals surface area contributed by atoms with Crippen LogP contribution in [-0.4, -0.2) is 11.9 Å². The number of guanidine groups is 1. The first-order valence-electron chi connectivity index (χ1n) is 5.73. The number of carbonyl (C=O) groups excluding carboxylic acids is 1. The Bertz CT molecular complexity index is 484. The van der Waals surface area contributed by atoms with Gasteiger partial charge >= 0.3 is 0 Å². The summed E-state index contributed by atoms with van der Waals surface area (Å²) in [5, 5.41) is 9.17. The van der Waals surface area contributed by atoms with E-state index in [2.05, 4.69) is 26.1 Å². The van der Waals surface area contributed by atoms with E-state index >= 15 is 0 Å². The summed E-state index contributed by atoms with van der Waals surface area (Å²) < 4.78 is 0. The normalized spacial score (nSPS) is 11.5. The average Bonchev–Trinajstić information content (AvgIpc) is 2.24. The molecule has 1 aromatic rings. The van der Waals surface area contributed by atoms with Crippen molar-refractivity contribution in [3.63, 3.8) is 0 Å². The average molecular weight is 245 g/mol. The molecule has 1 rings (SSSR count). The summed E-state index contributed by atoms with van der Waals surface area (Å²) in [4.78, 5) is 11.4. The lowest BCUT2D eigenvalue weighted by molar-refractivity contribution is -0.115. The van der Waals surface area contributed by atoms with Gasteiger partial charge in [0.2, 0.25) is 0 Å². The molecule has 4 N–H and O–H groups in total. The van der Waals surface area contributed by atoms with E-state index in [9.17, 15) is 4.79 Å². The Hall–Kier alpha value is -2.10. The molecule has 0 spiro atoms. The van der Waals surface area contributed by atoms with Gasteiger partial charge in [-0.2, -0.15) is 0 Å². The number of hydrogen-bond acceptors (Lipinski definition) is 2. The molecule has 0 saturated carbocycles. The zero-order chi connectivity index (χ0) is 13.8. The van der Waals surface area contributed by atoms with Crippen molar-refractivity contribution in [3.05, 3.63) is 41.5 Å². The van der Waals surface area contributed by atoms with Crippen LogP contribution in [0.5, 0.6) is 0 Å². The van der Waals surface area contributed by atoms with Crippen LogP contribution < -0.4 is 11.1 Å². The smallest absolute Gasteiger partial charge is 0.250 e. The Morgan fingerprint density at radius 3 is 2.50 bits per heavy atom. The fraction of sp³-hybridized carbons (Fsp3) is 0.286. The van der Waals surface area contributed by atoms with E-state index < -0.39 is 5.91 Å². The van der Waals surface area contributed by atoms with E-state index in [0.717, 1.165) is 11.1 Å². The van der Waals surface area contributed by atoms with Crippen LogP contribution in [0, 0.1) is 5.41 Å². The Morgan fingerprint density at radius 2 is 1.94 bits per heavy atom. The van der Waals surface area contributed by atoms with Gasteiger partial charge in [0.25, 0.3) is 5.91 Å². The molecule has 0 atom stereocenters. The van der Waals surface area contributed by atoms with Gasteiger partial charge in [0.05, 0.1) is 0 Å². The van der Waals surface area contributed by atoms with Crippen molar-refractivity contribution in [1.82, 2.24) is 5.32 Å². The molecule has 0 bridgehead atoms. The Balaban J connectivity index is 2.95. The highest BCUT2D eigenvalue weighted by Crippen LogP contribution is 2.26. The van der Waals surface area contributed by atoms with Gasteiger partial charge in [0.1, 0.15) is 0 Å². The first-order valence-corrected chi connectivity index (χ1v) is 5.73. The molecular formula is C14H19N3O. The van der Waals surface area contributed by atoms with Gasteiger partial charge in [-0.05, 0) is 22.6 Å². The van der Waals surface area contributed by atoms with Crippen molar-refractivity contribution in [1.29, 1.82) is 5.41 Å². The van der Waals surface area contributed by atoms with Crippen LogP contribution in [-0.2, 0) is 10.2 Å². The third kappa shape index (κ3) is 4.05. The number of hydrogen-bond donors (Lipinski definition) is 3. The Morgan fingerprint density at radius 1 is 1.33 bits per heavy atom. The topological polar surface area (TPSA) is 79.0 Å². The van der Waals surface area contributed by atoms with Gasteiger partial charge in [0, 0.05) is 6.08 Å². The molecule has 4 heteroatoms. The van der Waals surface area contributed by atoms with Gasteiger partial charge in [-0.3, -0.25) is 15.5 Å². The molecule has 1 aromatic carbocycles. The van der Waals surface area contributed by atoms with Gasteiger partial charge in [-0.25, -0.2) is 0 Å². The number of nitrogens with two attached hydrogens (primary N) is 1. The lowest BCUT2D eigenvalue weighted by atomic mass is 9.84. The van der Waals surface area contributed by atoms with E-state index in [1.165, 1.54) is 6.08 Å². The Labute approximate surface area is 107 Å². The number of amides is 1. The van der Waals surface area contributed by atoms with Gasteiger partial charge < -0.3 is 5.73 Å². The molecular weight excluding hydrogens is 226 g/mol. The second-order valence-electron chi connectivity index (χ2n) is 5.07. The maximum Gasteiger partial charge on any atom is 0.250 e. The molecule has 4 nitrogen and oxygen atoms in total. The van der Waals surface area contributed by atoms with E-state index in [4.69, 9.17) is 11.1 Å². The molecule has 0 heterocycles. The highest BCUT2D eigenvalue weighted by molar-refractivity contribution is 6.02. The predicted molar refractivity (Wildman–Crippen MR) is 74.2 cm³/mol. The van der Waals surface area contributed by atoms with Crippen molar-refractivity contribution in [2.24, 2.45) is 5.73 Å². The quantitative estimate of drug-likeness (QED) is 0.423. The molecule has 0 aliphatic carbocycles. The van der Waals surface area contributed by atoms with Crippen LogP contribution in [0.25, 0.3) is 6.08 Å². The van der Waals surface area contributed by atoms with Crippen molar-refractivity contribution in [3.8, 4) is 0 Å². The first kappa shape index (κ1) is 14.0. The summed E-state index contributed by atoms with van der Waals surface area (Å²) in [7, 11) is 0. The minimum Gasteiger partial charge on any atom is -0.370 e. The lowest BCUT2D eigenvalue weighted by Crippen LogP contribution is -2.34. The summed E-state index contributed by atoms with van der Waals surface area (Å²) in [6.45, 7) is 6.36. The molecule has 0 radical (unpaired) electrons. The number of nitrogens with one attached hydrogen (secondary N) is 2. The minimum atomic E-state index is -0.397. The summed E-state index contributed by atoms with van der Waals surface area (Å²) in [6, 6.07) is 7.91. The summed E-state index contributed by atoms with van der Waals surface area (Å²) in [5.74, 6) is -0.750. The number of carbonyl (C=O) groups is 1. The third-order valence-electron chi connectivity index (χ3n) is 2.44. The van der Waals surface area contributed by atoms with Crippen molar-refractivity contribution < 1.29 is 4.79 Å². The highest BCUT2D eigenvalue weighted by Gasteiger charge is 2.15. The first-order chi connectivity index (χ1) is 8.30. The summed E-state index contributed by atoms with van der Waals surface area (Å²) in [6.07, 6.45) is 3.12. The van der Waals surface area contributed by atoms with Gasteiger partial charge in [-0.1, -0.05) is 45.0 Å². The third-order valence-corrected chi connectivity index (χ3v) is 2.44. The van der Waals surface area contributed by atoms with Gasteiger partial charge in [-0.15, -0.1) is 0 Å². The molecule has 0 saturated heterocycles. The predicted octanol–water partition coefficient (Wildman–Crippen LogP) is 2.01. The molecule has 96 valence electrons. The van der Waals surface area contributed by atoms with Gasteiger partial charge in [0.15, 0.2) is 5.96 Å². The number of rotatable bonds is 2. The number of benzene rings is 1. The molecule has 0 fully saturated rings. The van der Waals surface area contributed by atoms with Crippen LogP contribution in [0.2, 0.25) is 0 Å².